The van der Waals surface area contributed by atoms with Crippen LogP contribution in [0.15, 0.2) is 18.2 Å². The first kappa shape index (κ1) is 14.2. The molecule has 0 bridgehead atoms. The van der Waals surface area contributed by atoms with Gasteiger partial charge in [0, 0.05) is 5.56 Å². The lowest BCUT2D eigenvalue weighted by molar-refractivity contribution is 0.0350. The molecule has 0 amide bonds. The van der Waals surface area contributed by atoms with E-state index in [1.807, 2.05) is 25.1 Å². The normalized spacial score (nSPS) is 16.4. The lowest BCUT2D eigenvalue weighted by Crippen LogP contribution is -2.40. The van der Waals surface area contributed by atoms with Crippen LogP contribution < -0.4 is 4.74 Å². The Kier molecular flexibility index (Phi) is 3.53. The quantitative estimate of drug-likeness (QED) is 0.858. The molecule has 21 heavy (non-hydrogen) atoms. The van der Waals surface area contributed by atoms with E-state index in [2.05, 4.69) is 23.2 Å². The third-order valence-corrected chi connectivity index (χ3v) is 4.78. The standard InChI is InChI=1S/C16H18N2O2S/c1-4-16(5-2)9-13(19)12-8-11(6-7-14(12)20-16)15-17-10(3)21-18-15/h6-8H,4-5,9H2,1-3H3. The lowest BCUT2D eigenvalue weighted by Gasteiger charge is -2.36. The highest BCUT2D eigenvalue weighted by molar-refractivity contribution is 7.05. The third-order valence-electron chi connectivity index (χ3n) is 4.16. The number of hydrogen-bond donors (Lipinski definition) is 0. The molecule has 0 saturated carbocycles. The maximum atomic E-state index is 12.5. The molecule has 0 N–H and O–H groups in total. The summed E-state index contributed by atoms with van der Waals surface area (Å²) in [5, 5.41) is 0.918. The van der Waals surface area contributed by atoms with Crippen LogP contribution in [0.2, 0.25) is 0 Å². The van der Waals surface area contributed by atoms with E-state index in [1.54, 1.807) is 0 Å². The van der Waals surface area contributed by atoms with Gasteiger partial charge in [0.1, 0.15) is 16.4 Å². The van der Waals surface area contributed by atoms with Crippen molar-refractivity contribution in [3.05, 3.63) is 28.8 Å². The fourth-order valence-electron chi connectivity index (χ4n) is 2.69. The van der Waals surface area contributed by atoms with Crippen molar-refractivity contribution in [3.63, 3.8) is 0 Å². The Morgan fingerprint density at radius 1 is 1.33 bits per heavy atom. The number of benzene rings is 1. The summed E-state index contributed by atoms with van der Waals surface area (Å²) >= 11 is 1.37. The van der Waals surface area contributed by atoms with Crippen LogP contribution in [0, 0.1) is 6.92 Å². The van der Waals surface area contributed by atoms with Crippen LogP contribution in [0.25, 0.3) is 11.4 Å². The first-order valence-electron chi connectivity index (χ1n) is 7.24. The summed E-state index contributed by atoms with van der Waals surface area (Å²) in [6.45, 7) is 6.06. The second-order valence-electron chi connectivity index (χ2n) is 5.44. The van der Waals surface area contributed by atoms with Crippen molar-refractivity contribution in [1.82, 2.24) is 9.36 Å². The number of carbonyl (C=O) groups excluding carboxylic acids is 1. The molecular formula is C16H18N2O2S. The van der Waals surface area contributed by atoms with Gasteiger partial charge in [-0.1, -0.05) is 13.8 Å². The summed E-state index contributed by atoms with van der Waals surface area (Å²) in [4.78, 5) is 16.9. The molecule has 0 aliphatic carbocycles. The topological polar surface area (TPSA) is 52.1 Å². The van der Waals surface area contributed by atoms with Crippen LogP contribution in [-0.2, 0) is 0 Å². The minimum Gasteiger partial charge on any atom is -0.486 e. The van der Waals surface area contributed by atoms with Crippen molar-refractivity contribution in [3.8, 4) is 17.1 Å². The maximum Gasteiger partial charge on any atom is 0.173 e. The zero-order chi connectivity index (χ0) is 15.0. The molecule has 0 unspecified atom stereocenters. The second kappa shape index (κ2) is 5.22. The van der Waals surface area contributed by atoms with E-state index in [0.717, 1.165) is 23.4 Å². The van der Waals surface area contributed by atoms with E-state index in [0.29, 0.717) is 23.6 Å². The molecule has 1 aromatic heterocycles. The SMILES string of the molecule is CCC1(CC)CC(=O)c2cc(-c3nsc(C)n3)ccc2O1. The Labute approximate surface area is 128 Å². The monoisotopic (exact) mass is 302 g/mol. The zero-order valence-electron chi connectivity index (χ0n) is 12.5. The summed E-state index contributed by atoms with van der Waals surface area (Å²) in [5.74, 6) is 1.51. The van der Waals surface area contributed by atoms with Crippen LogP contribution in [0.1, 0.15) is 48.5 Å². The van der Waals surface area contributed by atoms with Gasteiger partial charge in [0.2, 0.25) is 0 Å². The molecule has 1 aliphatic heterocycles. The minimum atomic E-state index is -0.346. The molecule has 4 nitrogen and oxygen atoms in total. The van der Waals surface area contributed by atoms with Crippen molar-refractivity contribution in [2.75, 3.05) is 0 Å². The lowest BCUT2D eigenvalue weighted by atomic mass is 9.85. The van der Waals surface area contributed by atoms with Gasteiger partial charge >= 0.3 is 0 Å². The predicted molar refractivity (Wildman–Crippen MR) is 83.0 cm³/mol. The number of hydrogen-bond acceptors (Lipinski definition) is 5. The van der Waals surface area contributed by atoms with Gasteiger partial charge < -0.3 is 4.74 Å². The van der Waals surface area contributed by atoms with E-state index < -0.39 is 0 Å². The maximum absolute atomic E-state index is 12.5. The van der Waals surface area contributed by atoms with Gasteiger partial charge in [-0.25, -0.2) is 4.98 Å². The van der Waals surface area contributed by atoms with Crippen molar-refractivity contribution in [1.29, 1.82) is 0 Å². The number of Topliss-reactive ketones (excluding diaryl/α,β-unsaturated/α-hetero) is 1. The van der Waals surface area contributed by atoms with Gasteiger partial charge in [-0.05, 0) is 49.5 Å². The number of rotatable bonds is 3. The summed E-state index contributed by atoms with van der Waals surface area (Å²) in [6, 6.07) is 5.65. The molecule has 0 fully saturated rings. The number of carbonyl (C=O) groups is 1. The van der Waals surface area contributed by atoms with E-state index in [4.69, 9.17) is 4.74 Å². The first-order valence-corrected chi connectivity index (χ1v) is 8.01. The van der Waals surface area contributed by atoms with Gasteiger partial charge in [0.25, 0.3) is 0 Å². The molecule has 1 aliphatic rings. The van der Waals surface area contributed by atoms with Gasteiger partial charge in [-0.2, -0.15) is 4.37 Å². The zero-order valence-corrected chi connectivity index (χ0v) is 13.3. The number of nitrogens with zero attached hydrogens (tertiary/aromatic N) is 2. The Morgan fingerprint density at radius 2 is 2.10 bits per heavy atom. The second-order valence-corrected chi connectivity index (χ2v) is 6.40. The Bertz CT molecular complexity index is 689. The first-order chi connectivity index (χ1) is 10.1. The molecule has 2 heterocycles. The molecule has 0 radical (unpaired) electrons. The van der Waals surface area contributed by atoms with E-state index in [9.17, 15) is 4.79 Å². The van der Waals surface area contributed by atoms with Crippen LogP contribution in [0.4, 0.5) is 0 Å². The van der Waals surface area contributed by atoms with Crippen LogP contribution in [0.3, 0.4) is 0 Å². The third kappa shape index (κ3) is 2.46. The van der Waals surface area contributed by atoms with Gasteiger partial charge in [0.05, 0.1) is 12.0 Å². The van der Waals surface area contributed by atoms with Gasteiger partial charge in [-0.15, -0.1) is 0 Å². The van der Waals surface area contributed by atoms with E-state index >= 15 is 0 Å². The number of fused-ring (bicyclic) bond motifs is 1. The number of aromatic nitrogens is 2. The molecule has 0 saturated heterocycles. The average molecular weight is 302 g/mol. The van der Waals surface area contributed by atoms with Crippen molar-refractivity contribution in [2.45, 2.75) is 45.6 Å². The summed E-state index contributed by atoms with van der Waals surface area (Å²) in [7, 11) is 0. The molecule has 0 atom stereocenters. The molecule has 2 aromatic rings. The predicted octanol–water partition coefficient (Wildman–Crippen LogP) is 4.04. The fourth-order valence-corrected chi connectivity index (χ4v) is 3.19. The summed E-state index contributed by atoms with van der Waals surface area (Å²) < 4.78 is 10.4. The molecule has 110 valence electrons. The Balaban J connectivity index is 2.01. The highest BCUT2D eigenvalue weighted by Crippen LogP contribution is 2.38. The van der Waals surface area contributed by atoms with Crippen LogP contribution in [-0.4, -0.2) is 20.7 Å². The minimum absolute atomic E-state index is 0.147. The number of ether oxygens (including phenoxy) is 1. The van der Waals surface area contributed by atoms with E-state index in [-0.39, 0.29) is 11.4 Å². The molecule has 0 spiro atoms. The van der Waals surface area contributed by atoms with Crippen LogP contribution >= 0.6 is 11.5 Å². The fraction of sp³-hybridized carbons (Fsp3) is 0.438. The van der Waals surface area contributed by atoms with Crippen molar-refractivity contribution >= 4 is 17.3 Å². The largest absolute Gasteiger partial charge is 0.486 e. The highest BCUT2D eigenvalue weighted by Gasteiger charge is 2.37. The van der Waals surface area contributed by atoms with Crippen molar-refractivity contribution in [2.24, 2.45) is 0 Å². The molecule has 1 aromatic carbocycles. The van der Waals surface area contributed by atoms with Crippen LogP contribution in [0.5, 0.6) is 5.75 Å². The highest BCUT2D eigenvalue weighted by atomic mass is 32.1. The van der Waals surface area contributed by atoms with Gasteiger partial charge in [-0.3, -0.25) is 4.79 Å². The van der Waals surface area contributed by atoms with Crippen molar-refractivity contribution < 1.29 is 9.53 Å². The van der Waals surface area contributed by atoms with E-state index in [1.165, 1.54) is 11.5 Å². The molecule has 3 rings (SSSR count). The number of aryl methyl sites for hydroxylation is 1. The smallest absolute Gasteiger partial charge is 0.173 e. The number of ketones is 1. The summed E-state index contributed by atoms with van der Waals surface area (Å²) in [6.07, 6.45) is 2.12. The average Bonchev–Trinajstić information content (AvgIpc) is 2.93. The molecule has 5 heteroatoms. The summed E-state index contributed by atoms with van der Waals surface area (Å²) in [5.41, 5.74) is 1.18. The Morgan fingerprint density at radius 3 is 2.71 bits per heavy atom. The van der Waals surface area contributed by atoms with Gasteiger partial charge in [0.15, 0.2) is 11.6 Å². The molecular weight excluding hydrogens is 284 g/mol. The Hall–Kier alpha value is -1.75.